The third-order valence-corrected chi connectivity index (χ3v) is 11.5. The molecule has 2 aromatic rings. The molecule has 260 valence electrons. The van der Waals surface area contributed by atoms with Crippen LogP contribution in [0.1, 0.15) is 22.3 Å². The van der Waals surface area contributed by atoms with Gasteiger partial charge in [0.1, 0.15) is 20.2 Å². The van der Waals surface area contributed by atoms with Crippen molar-refractivity contribution in [2.24, 2.45) is 40.4 Å². The molecule has 0 aromatic heterocycles. The van der Waals surface area contributed by atoms with Crippen molar-refractivity contribution in [3.05, 3.63) is 70.8 Å². The third kappa shape index (κ3) is 8.96. The van der Waals surface area contributed by atoms with E-state index >= 15 is 0 Å². The molecule has 50 heavy (non-hydrogen) atoms. The summed E-state index contributed by atoms with van der Waals surface area (Å²) < 4.78 is 12.0. The highest BCUT2D eigenvalue weighted by Crippen LogP contribution is 2.25. The van der Waals surface area contributed by atoms with Gasteiger partial charge in [-0.05, 0) is 69.3 Å². The Labute approximate surface area is 308 Å². The van der Waals surface area contributed by atoms with Crippen LogP contribution < -0.4 is 0 Å². The number of thioether (sulfide) groups is 4. The van der Waals surface area contributed by atoms with Gasteiger partial charge in [0, 0.05) is 28.2 Å². The molecule has 12 bridgehead atoms. The molecule has 0 saturated carbocycles. The van der Waals surface area contributed by atoms with Crippen molar-refractivity contribution in [1.29, 1.82) is 0 Å². The Hall–Kier alpha value is -3.68. The molecule has 0 atom stereocenters. The second-order valence-electron chi connectivity index (χ2n) is 11.5. The van der Waals surface area contributed by atoms with E-state index in [0.29, 0.717) is 52.6 Å². The Kier molecular flexibility index (Phi) is 11.2. The highest BCUT2D eigenvalue weighted by Gasteiger charge is 2.25. The van der Waals surface area contributed by atoms with Crippen LogP contribution in [0.3, 0.4) is 0 Å². The van der Waals surface area contributed by atoms with Crippen LogP contribution in [0.25, 0.3) is 0 Å². The molecule has 14 nitrogen and oxygen atoms in total. The summed E-state index contributed by atoms with van der Waals surface area (Å²) in [5.74, 6) is 0. The first-order chi connectivity index (χ1) is 24.3. The highest BCUT2D eigenvalue weighted by molar-refractivity contribution is 8.27. The zero-order chi connectivity index (χ0) is 34.5. The van der Waals surface area contributed by atoms with Crippen LogP contribution in [0.2, 0.25) is 0 Å². The van der Waals surface area contributed by atoms with Gasteiger partial charge in [0.15, 0.2) is 20.7 Å². The average molecular weight is 749 g/mol. The molecule has 0 aliphatic carbocycles. The normalized spacial score (nSPS) is 20.9. The average Bonchev–Trinajstić information content (AvgIpc) is 3.86. The number of benzene rings is 2. The van der Waals surface area contributed by atoms with Gasteiger partial charge in [-0.3, -0.25) is 20.0 Å². The van der Waals surface area contributed by atoms with E-state index in [0.717, 1.165) is 63.1 Å². The molecule has 18 heteroatoms. The summed E-state index contributed by atoms with van der Waals surface area (Å²) in [4.78, 5) is 19.3. The van der Waals surface area contributed by atoms with Gasteiger partial charge in [0.25, 0.3) is 0 Å². The van der Waals surface area contributed by atoms with Crippen molar-refractivity contribution >= 4 is 87.9 Å². The van der Waals surface area contributed by atoms with Crippen LogP contribution in [-0.4, -0.2) is 115 Å². The summed E-state index contributed by atoms with van der Waals surface area (Å²) >= 11 is 6.11. The Morgan fingerprint density at radius 2 is 0.700 bits per heavy atom. The van der Waals surface area contributed by atoms with E-state index in [2.05, 4.69) is 56.8 Å². The van der Waals surface area contributed by atoms with Crippen molar-refractivity contribution in [1.82, 2.24) is 20.0 Å². The van der Waals surface area contributed by atoms with E-state index in [1.807, 2.05) is 40.3 Å². The summed E-state index contributed by atoms with van der Waals surface area (Å²) in [6, 6.07) is 16.7. The summed E-state index contributed by atoms with van der Waals surface area (Å²) in [5, 5.41) is 32.4. The Balaban J connectivity index is 1.04. The largest absolute Gasteiger partial charge is 0.368 e. The molecule has 5 aliphatic heterocycles. The molecular weight excluding hydrogens is 713 g/mol. The monoisotopic (exact) mass is 748 g/mol. The lowest BCUT2D eigenvalue weighted by Crippen LogP contribution is -2.13. The Bertz CT molecular complexity index is 1620. The Morgan fingerprint density at radius 3 is 0.960 bits per heavy atom. The van der Waals surface area contributed by atoms with Crippen molar-refractivity contribution in [2.75, 3.05) is 54.6 Å². The molecule has 0 spiro atoms. The molecule has 0 unspecified atom stereocenters. The quantitative estimate of drug-likeness (QED) is 0.370. The van der Waals surface area contributed by atoms with Crippen LogP contribution in [-0.2, 0) is 35.7 Å². The fourth-order valence-electron chi connectivity index (χ4n) is 5.12. The minimum atomic E-state index is 0.377. The first-order valence-corrected chi connectivity index (χ1v) is 19.1. The van der Waals surface area contributed by atoms with E-state index in [9.17, 15) is 0 Å². The fraction of sp³-hybridized carbons (Fsp3) is 0.375. The van der Waals surface area contributed by atoms with Crippen molar-refractivity contribution < 1.29 is 9.47 Å². The molecule has 5 heterocycles. The van der Waals surface area contributed by atoms with Crippen LogP contribution >= 0.6 is 47.0 Å². The number of rotatable bonds is 0. The second kappa shape index (κ2) is 16.1. The number of hydrogen-bond donors (Lipinski definition) is 0. The number of fused-ring (bicyclic) bond motifs is 12. The lowest BCUT2D eigenvalue weighted by atomic mass is 10.1. The van der Waals surface area contributed by atoms with Crippen LogP contribution in [0.4, 0.5) is 0 Å². The molecule has 0 fully saturated rings. The molecule has 7 rings (SSSR count). The van der Waals surface area contributed by atoms with E-state index in [1.165, 1.54) is 47.0 Å². The fourth-order valence-corrected chi connectivity index (χ4v) is 8.39. The highest BCUT2D eigenvalue weighted by atomic mass is 32.2. The molecule has 0 N–H and O–H groups in total. The van der Waals surface area contributed by atoms with Gasteiger partial charge < -0.3 is 9.47 Å². The number of ether oxygens (including phenoxy) is 2. The molecular formula is C32H36N12O2S4. The predicted octanol–water partition coefficient (Wildman–Crippen LogP) is 4.83. The van der Waals surface area contributed by atoms with Crippen molar-refractivity contribution in [2.45, 2.75) is 26.2 Å². The van der Waals surface area contributed by atoms with Crippen molar-refractivity contribution in [3.8, 4) is 0 Å². The maximum absolute atomic E-state index is 6.00. The van der Waals surface area contributed by atoms with E-state index < -0.39 is 0 Å². The number of amidine groups is 4. The van der Waals surface area contributed by atoms with Gasteiger partial charge in [0.05, 0.1) is 52.6 Å². The van der Waals surface area contributed by atoms with E-state index in [-0.39, 0.29) is 0 Å². The first-order valence-electron chi connectivity index (χ1n) is 15.8. The molecule has 5 aliphatic rings. The van der Waals surface area contributed by atoms with Crippen LogP contribution in [0, 0.1) is 0 Å². The third-order valence-electron chi connectivity index (χ3n) is 7.46. The van der Waals surface area contributed by atoms with Gasteiger partial charge in [-0.1, -0.05) is 48.5 Å². The number of nitrogens with zero attached hydrogens (tertiary/aromatic N) is 12. The number of hydrogen-bond acceptors (Lipinski definition) is 18. The maximum atomic E-state index is 6.00. The van der Waals surface area contributed by atoms with Crippen molar-refractivity contribution in [3.63, 3.8) is 0 Å². The smallest absolute Gasteiger partial charge is 0.186 e. The summed E-state index contributed by atoms with van der Waals surface area (Å²) in [7, 11) is 7.63. The summed E-state index contributed by atoms with van der Waals surface area (Å²) in [6.45, 7) is 3.67. The standard InChI is InChI=1S/C32H36N12O2S4/c1-41-29-33-13-21-7-5-8-22(11-21)14-34-31-43(3)39-27(49-31)19-46-20-28-40-44(4)32(50-28)36-16-24-10-6-9-23(12-24)15-35-30-42(2)38-26(48-30)18-45-17-25(37-41)47-29/h5-12H,13-20H2,1-4H3. The lowest BCUT2D eigenvalue weighted by Gasteiger charge is -2.08. The topological polar surface area (TPSA) is 130 Å². The van der Waals surface area contributed by atoms with Crippen LogP contribution in [0.15, 0.2) is 88.9 Å². The number of aliphatic imine (C=N–C) groups is 4. The first kappa shape index (κ1) is 34.8. The summed E-state index contributed by atoms with van der Waals surface area (Å²) in [5.41, 5.74) is 4.43. The predicted molar refractivity (Wildman–Crippen MR) is 210 cm³/mol. The molecule has 0 saturated heterocycles. The lowest BCUT2D eigenvalue weighted by molar-refractivity contribution is 0.217. The molecule has 0 amide bonds. The SMILES string of the molecule is CN1N=C2COCC3=NN(C)C(=NCc4cccc(c4)CN=C4SC(=NN4C)COCC4=NN(C)C(=NCc5cccc(c5)CN=C1S2)S4)S3. The molecule has 0 radical (unpaired) electrons. The minimum absolute atomic E-state index is 0.377. The molecule has 2 aromatic carbocycles. The summed E-state index contributed by atoms with van der Waals surface area (Å²) in [6.07, 6.45) is 0. The van der Waals surface area contributed by atoms with E-state index in [1.54, 1.807) is 20.0 Å². The maximum Gasteiger partial charge on any atom is 0.186 e. The van der Waals surface area contributed by atoms with Gasteiger partial charge in [-0.15, -0.1) is 0 Å². The number of hydrazone groups is 4. The Morgan fingerprint density at radius 1 is 0.440 bits per heavy atom. The van der Waals surface area contributed by atoms with Gasteiger partial charge in [0.2, 0.25) is 0 Å². The zero-order valence-corrected chi connectivity index (χ0v) is 31.4. The second-order valence-corrected chi connectivity index (χ2v) is 15.7. The van der Waals surface area contributed by atoms with E-state index in [4.69, 9.17) is 29.4 Å². The van der Waals surface area contributed by atoms with Crippen LogP contribution in [0.5, 0.6) is 0 Å². The zero-order valence-electron chi connectivity index (χ0n) is 28.1. The van der Waals surface area contributed by atoms with Gasteiger partial charge in [-0.25, -0.2) is 20.0 Å². The van der Waals surface area contributed by atoms with Gasteiger partial charge >= 0.3 is 0 Å². The van der Waals surface area contributed by atoms with Gasteiger partial charge in [-0.2, -0.15) is 20.4 Å². The minimum Gasteiger partial charge on any atom is -0.368 e.